The van der Waals surface area contributed by atoms with Crippen molar-refractivity contribution in [3.63, 3.8) is 0 Å². The number of carboxylic acid groups (broad SMARTS) is 1. The first-order valence-corrected chi connectivity index (χ1v) is 11.6. The van der Waals surface area contributed by atoms with Crippen LogP contribution in [0.2, 0.25) is 0 Å². The van der Waals surface area contributed by atoms with Crippen LogP contribution in [0.5, 0.6) is 0 Å². The number of carbonyl (C=O) groups is 2. The van der Waals surface area contributed by atoms with Crippen molar-refractivity contribution in [2.75, 3.05) is 12.3 Å². The molecule has 3 aromatic rings. The highest BCUT2D eigenvalue weighted by Crippen LogP contribution is 2.26. The molecule has 0 aliphatic rings. The van der Waals surface area contributed by atoms with E-state index in [1.165, 1.54) is 6.92 Å². The van der Waals surface area contributed by atoms with E-state index < -0.39 is 74.8 Å². The molecule has 11 heteroatoms. The summed E-state index contributed by atoms with van der Waals surface area (Å²) in [6.07, 6.45) is 0.0930. The number of nitrogens with zero attached hydrogens (tertiary/aromatic N) is 2. The van der Waals surface area contributed by atoms with Gasteiger partial charge in [0.05, 0.1) is 11.1 Å². The lowest BCUT2D eigenvalue weighted by Crippen LogP contribution is -2.51. The Labute approximate surface area is 216 Å². The van der Waals surface area contributed by atoms with Gasteiger partial charge in [-0.15, -0.1) is 0 Å². The minimum Gasteiger partial charge on any atom is -0.480 e. The lowest BCUT2D eigenvalue weighted by molar-refractivity contribution is -0.144. The topological polar surface area (TPSA) is 106 Å². The maximum Gasteiger partial charge on any atom is 0.320 e. The van der Waals surface area contributed by atoms with Crippen LogP contribution in [0.4, 0.5) is 23.4 Å². The molecule has 0 saturated heterocycles. The zero-order valence-electron chi connectivity index (χ0n) is 21.2. The van der Waals surface area contributed by atoms with Gasteiger partial charge in [0.1, 0.15) is 29.2 Å². The van der Waals surface area contributed by atoms with Gasteiger partial charge in [-0.2, -0.15) is 0 Å². The van der Waals surface area contributed by atoms with Crippen LogP contribution in [0.1, 0.15) is 49.2 Å². The number of nitrogen functional groups attached to an aromatic ring is 1. The maximum absolute atomic E-state index is 15.2. The van der Waals surface area contributed by atoms with E-state index >= 15 is 8.78 Å². The summed E-state index contributed by atoms with van der Waals surface area (Å²) in [4.78, 5) is 38.6. The molecule has 1 atom stereocenters. The van der Waals surface area contributed by atoms with E-state index in [2.05, 4.69) is 0 Å². The molecule has 202 valence electrons. The van der Waals surface area contributed by atoms with Crippen LogP contribution in [-0.4, -0.2) is 44.5 Å². The Morgan fingerprint density at radius 1 is 0.974 bits per heavy atom. The summed E-state index contributed by atoms with van der Waals surface area (Å²) in [5.74, 6) is -7.08. The average molecular weight is 534 g/mol. The van der Waals surface area contributed by atoms with Crippen molar-refractivity contribution in [1.82, 2.24) is 9.47 Å². The number of aromatic nitrogens is 1. The molecular weight excluding hydrogens is 506 g/mol. The SMILES string of the molecule is CC(C(=O)O)N(CCc1cc(F)c(-n2c(N)c(C(=O)c3ccc(F)cc3F)ccc2=O)c(F)c1)C(C)(C)C. The number of halogens is 4. The van der Waals surface area contributed by atoms with Gasteiger partial charge in [-0.3, -0.25) is 23.9 Å². The van der Waals surface area contributed by atoms with Crippen LogP contribution in [0.3, 0.4) is 0 Å². The van der Waals surface area contributed by atoms with Gasteiger partial charge in [-0.1, -0.05) is 0 Å². The Morgan fingerprint density at radius 2 is 1.55 bits per heavy atom. The molecule has 0 saturated carbocycles. The highest BCUT2D eigenvalue weighted by molar-refractivity contribution is 6.11. The standard InChI is InChI=1S/C27H27F4N3O4/c1-14(26(37)38)33(27(2,3)4)10-9-15-11-20(30)23(21(31)12-15)34-22(35)8-7-18(25(34)32)24(36)17-6-5-16(28)13-19(17)29/h5-8,11-14H,9-10,32H2,1-4H3,(H,37,38). The molecule has 2 aromatic carbocycles. The first-order chi connectivity index (χ1) is 17.6. The number of rotatable bonds is 8. The van der Waals surface area contributed by atoms with E-state index in [1.54, 1.807) is 4.90 Å². The van der Waals surface area contributed by atoms with Crippen molar-refractivity contribution < 1.29 is 32.3 Å². The maximum atomic E-state index is 15.2. The third-order valence-corrected chi connectivity index (χ3v) is 6.18. The molecule has 0 fully saturated rings. The highest BCUT2D eigenvalue weighted by Gasteiger charge is 2.30. The molecule has 0 aliphatic heterocycles. The molecule has 38 heavy (non-hydrogen) atoms. The Hall–Kier alpha value is -3.99. The highest BCUT2D eigenvalue weighted by atomic mass is 19.1. The molecular formula is C27H27F4N3O4. The van der Waals surface area contributed by atoms with Crippen LogP contribution in [0.25, 0.3) is 5.69 Å². The van der Waals surface area contributed by atoms with Crippen LogP contribution in [0, 0.1) is 23.3 Å². The molecule has 3 N–H and O–H groups in total. The van der Waals surface area contributed by atoms with Gasteiger partial charge in [0.2, 0.25) is 0 Å². The smallest absolute Gasteiger partial charge is 0.320 e. The number of anilines is 1. The van der Waals surface area contributed by atoms with Crippen molar-refractivity contribution in [1.29, 1.82) is 0 Å². The van der Waals surface area contributed by atoms with Gasteiger partial charge in [0, 0.05) is 24.2 Å². The van der Waals surface area contributed by atoms with Crippen molar-refractivity contribution in [2.24, 2.45) is 0 Å². The van der Waals surface area contributed by atoms with Crippen LogP contribution >= 0.6 is 0 Å². The fourth-order valence-electron chi connectivity index (χ4n) is 4.26. The van der Waals surface area contributed by atoms with E-state index in [0.29, 0.717) is 10.6 Å². The summed E-state index contributed by atoms with van der Waals surface area (Å²) in [6.45, 7) is 7.14. The van der Waals surface area contributed by atoms with Crippen molar-refractivity contribution in [2.45, 2.75) is 45.7 Å². The van der Waals surface area contributed by atoms with Crippen molar-refractivity contribution in [3.8, 4) is 5.69 Å². The summed E-state index contributed by atoms with van der Waals surface area (Å²) >= 11 is 0. The lowest BCUT2D eigenvalue weighted by Gasteiger charge is -2.38. The molecule has 3 rings (SSSR count). The molecule has 1 aromatic heterocycles. The predicted molar refractivity (Wildman–Crippen MR) is 133 cm³/mol. The van der Waals surface area contributed by atoms with Gasteiger partial charge >= 0.3 is 5.97 Å². The summed E-state index contributed by atoms with van der Waals surface area (Å²) < 4.78 is 58.3. The van der Waals surface area contributed by atoms with Crippen molar-refractivity contribution >= 4 is 17.6 Å². The number of carbonyl (C=O) groups excluding carboxylic acids is 1. The zero-order chi connectivity index (χ0) is 28.5. The second kappa shape index (κ2) is 10.8. The summed E-state index contributed by atoms with van der Waals surface area (Å²) in [7, 11) is 0. The van der Waals surface area contributed by atoms with Gasteiger partial charge in [-0.25, -0.2) is 17.6 Å². The van der Waals surface area contributed by atoms with Crippen LogP contribution in [-0.2, 0) is 11.2 Å². The number of benzene rings is 2. The zero-order valence-corrected chi connectivity index (χ0v) is 21.2. The second-order valence-corrected chi connectivity index (χ2v) is 9.80. The number of aliphatic carboxylic acids is 1. The third-order valence-electron chi connectivity index (χ3n) is 6.18. The van der Waals surface area contributed by atoms with Crippen molar-refractivity contribution in [3.05, 3.63) is 92.8 Å². The number of hydrogen-bond acceptors (Lipinski definition) is 5. The largest absolute Gasteiger partial charge is 0.480 e. The number of nitrogens with two attached hydrogens (primary N) is 1. The van der Waals surface area contributed by atoms with Gasteiger partial charge in [0.25, 0.3) is 5.56 Å². The van der Waals surface area contributed by atoms with Gasteiger partial charge in [0.15, 0.2) is 17.4 Å². The van der Waals surface area contributed by atoms with Gasteiger partial charge in [-0.05, 0) is 70.0 Å². The summed E-state index contributed by atoms with van der Waals surface area (Å²) in [6, 6.07) is 5.22. The molecule has 0 bridgehead atoms. The van der Waals surface area contributed by atoms with Gasteiger partial charge < -0.3 is 10.8 Å². The van der Waals surface area contributed by atoms with E-state index in [9.17, 15) is 28.3 Å². The Balaban J connectivity index is 2.01. The van der Waals surface area contributed by atoms with E-state index in [0.717, 1.165) is 36.4 Å². The Bertz CT molecular complexity index is 1440. The monoisotopic (exact) mass is 533 g/mol. The molecule has 0 spiro atoms. The number of carboxylic acids is 1. The summed E-state index contributed by atoms with van der Waals surface area (Å²) in [5, 5.41) is 9.41. The molecule has 1 heterocycles. The van der Waals surface area contributed by atoms with E-state index in [1.807, 2.05) is 20.8 Å². The number of hydrogen-bond donors (Lipinski definition) is 2. The molecule has 1 unspecified atom stereocenters. The number of pyridine rings is 1. The van der Waals surface area contributed by atoms with Crippen LogP contribution in [0.15, 0.2) is 47.3 Å². The fraction of sp³-hybridized carbons (Fsp3) is 0.296. The summed E-state index contributed by atoms with van der Waals surface area (Å²) in [5.41, 5.74) is 2.88. The normalized spacial score (nSPS) is 12.6. The fourth-order valence-corrected chi connectivity index (χ4v) is 4.26. The quantitative estimate of drug-likeness (QED) is 0.330. The number of ketones is 1. The molecule has 0 radical (unpaired) electrons. The molecule has 0 aliphatic carbocycles. The third kappa shape index (κ3) is 5.77. The first-order valence-electron chi connectivity index (χ1n) is 11.6. The van der Waals surface area contributed by atoms with Crippen LogP contribution < -0.4 is 11.3 Å². The minimum absolute atomic E-state index is 0.0930. The predicted octanol–water partition coefficient (Wildman–Crippen LogP) is 4.32. The molecule has 0 amide bonds. The first kappa shape index (κ1) is 28.6. The van der Waals surface area contributed by atoms with E-state index in [4.69, 9.17) is 5.73 Å². The second-order valence-electron chi connectivity index (χ2n) is 9.80. The average Bonchev–Trinajstić information content (AvgIpc) is 2.79. The minimum atomic E-state index is -1.17. The van der Waals surface area contributed by atoms with E-state index in [-0.39, 0.29) is 18.5 Å². The lowest BCUT2D eigenvalue weighted by atomic mass is 10.0. The Morgan fingerprint density at radius 3 is 2.08 bits per heavy atom. The Kier molecular flexibility index (Phi) is 8.11. The molecule has 7 nitrogen and oxygen atoms in total.